The molecule has 1 aliphatic rings. The van der Waals surface area contributed by atoms with Gasteiger partial charge in [0.2, 0.25) is 5.89 Å². The smallest absolute Gasteiger partial charge is 0.475 e. The predicted octanol–water partition coefficient (Wildman–Crippen LogP) is 3.27. The molecule has 4 rings (SSSR count). The summed E-state index contributed by atoms with van der Waals surface area (Å²) in [6, 6.07) is 7.88. The first kappa shape index (κ1) is 23.3. The van der Waals surface area contributed by atoms with Gasteiger partial charge in [-0.2, -0.15) is 13.2 Å². The van der Waals surface area contributed by atoms with Gasteiger partial charge in [0, 0.05) is 0 Å². The molecule has 3 aromatic rings. The number of rotatable bonds is 4. The summed E-state index contributed by atoms with van der Waals surface area (Å²) in [7, 11) is 0. The molecular weight excluding hydrogens is 431 g/mol. The fraction of sp³-hybridized carbons (Fsp3) is 0.400. The fourth-order valence-corrected chi connectivity index (χ4v) is 3.10. The van der Waals surface area contributed by atoms with Gasteiger partial charge in [0.1, 0.15) is 12.1 Å². The maximum absolute atomic E-state index is 12.6. The fourth-order valence-electron chi connectivity index (χ4n) is 3.10. The number of aromatic nitrogens is 3. The second-order valence-corrected chi connectivity index (χ2v) is 7.70. The van der Waals surface area contributed by atoms with Crippen molar-refractivity contribution < 1.29 is 32.3 Å². The summed E-state index contributed by atoms with van der Waals surface area (Å²) in [6.07, 6.45) is -1.60. The number of nitrogens with one attached hydrogen (secondary N) is 3. The zero-order valence-electron chi connectivity index (χ0n) is 17.3. The van der Waals surface area contributed by atoms with Crippen molar-refractivity contribution in [2.45, 2.75) is 44.4 Å². The molecule has 4 N–H and O–H groups in total. The first-order valence-corrected chi connectivity index (χ1v) is 9.74. The van der Waals surface area contributed by atoms with Gasteiger partial charge in [0.05, 0.1) is 22.6 Å². The molecule has 0 spiro atoms. The van der Waals surface area contributed by atoms with Crippen LogP contribution in [-0.2, 0) is 10.3 Å². The van der Waals surface area contributed by atoms with Crippen LogP contribution < -0.4 is 10.6 Å². The van der Waals surface area contributed by atoms with Crippen LogP contribution >= 0.6 is 0 Å². The Kier molecular flexibility index (Phi) is 6.53. The summed E-state index contributed by atoms with van der Waals surface area (Å²) in [4.78, 5) is 33.7. The molecular formula is C20H22F3N5O4. The Hall–Kier alpha value is -3.41. The van der Waals surface area contributed by atoms with E-state index in [0.717, 1.165) is 30.4 Å². The van der Waals surface area contributed by atoms with Gasteiger partial charge < -0.3 is 25.1 Å². The number of hydrogen-bond acceptors (Lipinski definition) is 6. The number of amides is 1. The van der Waals surface area contributed by atoms with Gasteiger partial charge in [-0.25, -0.2) is 14.8 Å². The van der Waals surface area contributed by atoms with Crippen LogP contribution in [0.4, 0.5) is 13.2 Å². The first-order valence-electron chi connectivity index (χ1n) is 9.74. The van der Waals surface area contributed by atoms with E-state index in [-0.39, 0.29) is 17.6 Å². The predicted molar refractivity (Wildman–Crippen MR) is 107 cm³/mol. The van der Waals surface area contributed by atoms with Crippen LogP contribution in [0.25, 0.3) is 11.0 Å². The summed E-state index contributed by atoms with van der Waals surface area (Å²) in [5, 5.41) is 13.4. The van der Waals surface area contributed by atoms with Crippen molar-refractivity contribution in [2.75, 3.05) is 6.54 Å². The van der Waals surface area contributed by atoms with E-state index in [1.165, 1.54) is 6.26 Å². The summed E-state index contributed by atoms with van der Waals surface area (Å²) >= 11 is 0. The lowest BCUT2D eigenvalue weighted by Crippen LogP contribution is -2.42. The van der Waals surface area contributed by atoms with Gasteiger partial charge in [-0.15, -0.1) is 0 Å². The average Bonchev–Trinajstić information content (AvgIpc) is 3.46. The van der Waals surface area contributed by atoms with E-state index in [2.05, 4.69) is 25.6 Å². The normalized spacial score (nSPS) is 16.5. The highest BCUT2D eigenvalue weighted by Gasteiger charge is 2.38. The lowest BCUT2D eigenvalue weighted by molar-refractivity contribution is -0.192. The monoisotopic (exact) mass is 453 g/mol. The molecule has 2 aromatic heterocycles. The zero-order chi connectivity index (χ0) is 23.5. The number of aromatic amines is 1. The first-order chi connectivity index (χ1) is 15.0. The Morgan fingerprint density at radius 2 is 1.91 bits per heavy atom. The second-order valence-electron chi connectivity index (χ2n) is 7.70. The molecule has 1 atom stereocenters. The van der Waals surface area contributed by atoms with Gasteiger partial charge in [0.15, 0.2) is 5.69 Å². The number of carbonyl (C=O) groups is 2. The van der Waals surface area contributed by atoms with E-state index in [4.69, 9.17) is 14.3 Å². The van der Waals surface area contributed by atoms with Crippen molar-refractivity contribution in [3.63, 3.8) is 0 Å². The van der Waals surface area contributed by atoms with Crippen LogP contribution in [-0.4, -0.2) is 44.7 Å². The SMILES string of the molecule is CC(C)(NC(=O)c1coc([C@@H]2CCCN2)n1)c1nc2ccccc2[nH]1.O=C(O)C(F)(F)F. The Morgan fingerprint density at radius 3 is 2.50 bits per heavy atom. The maximum atomic E-state index is 12.6. The number of carboxylic acids is 1. The van der Waals surface area contributed by atoms with Crippen LogP contribution in [0.5, 0.6) is 0 Å². The largest absolute Gasteiger partial charge is 0.490 e. The van der Waals surface area contributed by atoms with Crippen molar-refractivity contribution in [1.29, 1.82) is 0 Å². The number of fused-ring (bicyclic) bond motifs is 1. The number of carbonyl (C=O) groups excluding carboxylic acids is 1. The van der Waals surface area contributed by atoms with E-state index in [0.29, 0.717) is 11.7 Å². The van der Waals surface area contributed by atoms with Crippen molar-refractivity contribution in [3.8, 4) is 0 Å². The third-order valence-corrected chi connectivity index (χ3v) is 4.76. The van der Waals surface area contributed by atoms with Gasteiger partial charge in [-0.05, 0) is 45.4 Å². The van der Waals surface area contributed by atoms with Crippen LogP contribution in [0.1, 0.15) is 54.9 Å². The van der Waals surface area contributed by atoms with E-state index in [9.17, 15) is 18.0 Å². The summed E-state index contributed by atoms with van der Waals surface area (Å²) in [5.74, 6) is -1.77. The molecule has 1 amide bonds. The number of carboxylic acid groups (broad SMARTS) is 1. The molecule has 1 saturated heterocycles. The third kappa shape index (κ3) is 5.44. The van der Waals surface area contributed by atoms with Crippen molar-refractivity contribution >= 4 is 22.9 Å². The average molecular weight is 453 g/mol. The van der Waals surface area contributed by atoms with E-state index in [1.807, 2.05) is 38.1 Å². The Morgan fingerprint density at radius 1 is 1.22 bits per heavy atom. The van der Waals surface area contributed by atoms with E-state index >= 15 is 0 Å². The Bertz CT molecular complexity index is 1070. The van der Waals surface area contributed by atoms with Gasteiger partial charge >= 0.3 is 12.1 Å². The molecule has 12 heteroatoms. The van der Waals surface area contributed by atoms with Crippen molar-refractivity contribution in [2.24, 2.45) is 0 Å². The van der Waals surface area contributed by atoms with Crippen LogP contribution in [0.2, 0.25) is 0 Å². The highest BCUT2D eigenvalue weighted by Crippen LogP contribution is 2.24. The zero-order valence-corrected chi connectivity index (χ0v) is 17.3. The molecule has 0 unspecified atom stereocenters. The summed E-state index contributed by atoms with van der Waals surface area (Å²) < 4.78 is 37.2. The minimum absolute atomic E-state index is 0.102. The number of alkyl halides is 3. The van der Waals surface area contributed by atoms with Gasteiger partial charge in [-0.1, -0.05) is 12.1 Å². The lowest BCUT2D eigenvalue weighted by Gasteiger charge is -2.23. The lowest BCUT2D eigenvalue weighted by atomic mass is 10.0. The summed E-state index contributed by atoms with van der Waals surface area (Å²) in [5.41, 5.74) is 1.43. The number of H-pyrrole nitrogens is 1. The highest BCUT2D eigenvalue weighted by molar-refractivity contribution is 5.92. The minimum atomic E-state index is -5.08. The standard InChI is InChI=1S/C18H21N5O2.C2HF3O2/c1-18(2,17-21-11-6-3-4-7-12(11)22-17)23-15(24)14-10-25-16(20-14)13-8-5-9-19-13;3-2(4,5)1(6)7/h3-4,6-7,10,13,19H,5,8-9H2,1-2H3,(H,21,22)(H,23,24);(H,6,7)/t13-;/m0./s1. The molecule has 9 nitrogen and oxygen atoms in total. The number of para-hydroxylation sites is 2. The van der Waals surface area contributed by atoms with Crippen molar-refractivity contribution in [3.05, 3.63) is 47.9 Å². The number of oxazole rings is 1. The summed E-state index contributed by atoms with van der Waals surface area (Å²) in [6.45, 7) is 4.76. The van der Waals surface area contributed by atoms with E-state index < -0.39 is 17.7 Å². The topological polar surface area (TPSA) is 133 Å². The van der Waals surface area contributed by atoms with Crippen molar-refractivity contribution in [1.82, 2.24) is 25.6 Å². The number of hydrogen-bond donors (Lipinski definition) is 4. The molecule has 3 heterocycles. The van der Waals surface area contributed by atoms with Gasteiger partial charge in [0.25, 0.3) is 5.91 Å². The third-order valence-electron chi connectivity index (χ3n) is 4.76. The van der Waals surface area contributed by atoms with Gasteiger partial charge in [-0.3, -0.25) is 4.79 Å². The maximum Gasteiger partial charge on any atom is 0.490 e. The Labute approximate surface area is 180 Å². The molecule has 1 aliphatic heterocycles. The van der Waals surface area contributed by atoms with Crippen LogP contribution in [0.3, 0.4) is 0 Å². The molecule has 32 heavy (non-hydrogen) atoms. The van der Waals surface area contributed by atoms with Crippen LogP contribution in [0, 0.1) is 0 Å². The molecule has 0 saturated carbocycles. The van der Waals surface area contributed by atoms with E-state index in [1.54, 1.807) is 0 Å². The second kappa shape index (κ2) is 8.99. The number of halogens is 3. The molecule has 1 aromatic carbocycles. The highest BCUT2D eigenvalue weighted by atomic mass is 19.4. The number of benzene rings is 1. The molecule has 0 bridgehead atoms. The Balaban J connectivity index is 0.000000360. The molecule has 0 radical (unpaired) electrons. The number of aliphatic carboxylic acids is 1. The molecule has 172 valence electrons. The molecule has 0 aliphatic carbocycles. The molecule has 1 fully saturated rings. The minimum Gasteiger partial charge on any atom is -0.475 e. The number of nitrogens with zero attached hydrogens (tertiary/aromatic N) is 2. The number of imidazole rings is 1. The quantitative estimate of drug-likeness (QED) is 0.476. The van der Waals surface area contributed by atoms with Crippen LogP contribution in [0.15, 0.2) is 34.9 Å².